The third-order valence-corrected chi connectivity index (χ3v) is 3.18. The summed E-state index contributed by atoms with van der Waals surface area (Å²) in [5.74, 6) is 0. The van der Waals surface area contributed by atoms with Crippen LogP contribution in [0.2, 0.25) is 0 Å². The van der Waals surface area contributed by atoms with E-state index in [1.54, 1.807) is 6.08 Å². The van der Waals surface area contributed by atoms with Crippen molar-refractivity contribution in [2.24, 2.45) is 5.11 Å². The highest BCUT2D eigenvalue weighted by Gasteiger charge is 2.39. The van der Waals surface area contributed by atoms with Gasteiger partial charge in [0.25, 0.3) is 0 Å². The van der Waals surface area contributed by atoms with E-state index in [9.17, 15) is 0 Å². The zero-order valence-corrected chi connectivity index (χ0v) is 10.1. The van der Waals surface area contributed by atoms with Crippen molar-refractivity contribution in [2.75, 3.05) is 6.61 Å². The van der Waals surface area contributed by atoms with Gasteiger partial charge in [0.05, 0.1) is 18.9 Å². The molecule has 0 bridgehead atoms. The summed E-state index contributed by atoms with van der Waals surface area (Å²) in [6.07, 6.45) is 2.24. The summed E-state index contributed by atoms with van der Waals surface area (Å²) in [5, 5.41) is 3.73. The quantitative estimate of drug-likeness (QED) is 0.465. The maximum atomic E-state index is 8.59. The molecule has 2 heterocycles. The van der Waals surface area contributed by atoms with Crippen LogP contribution in [0.15, 0.2) is 47.8 Å². The van der Waals surface area contributed by atoms with E-state index in [2.05, 4.69) is 10.0 Å². The normalized spacial score (nSPS) is 32.8. The van der Waals surface area contributed by atoms with Crippen molar-refractivity contribution >= 4 is 0 Å². The van der Waals surface area contributed by atoms with Gasteiger partial charge in [-0.05, 0) is 11.6 Å². The van der Waals surface area contributed by atoms with Gasteiger partial charge in [-0.15, -0.1) is 0 Å². The minimum absolute atomic E-state index is 0.236. The molecule has 1 aromatic rings. The fraction of sp³-hybridized carbons (Fsp3) is 0.385. The lowest BCUT2D eigenvalue weighted by atomic mass is 10.0. The molecule has 0 aliphatic carbocycles. The Labute approximate surface area is 110 Å². The largest absolute Gasteiger partial charge is 0.493 e. The molecule has 3 rings (SSSR count). The molecule has 0 radical (unpaired) electrons. The van der Waals surface area contributed by atoms with E-state index >= 15 is 0 Å². The molecular formula is C13H13N3O3. The second-order valence-corrected chi connectivity index (χ2v) is 4.38. The van der Waals surface area contributed by atoms with E-state index in [0.717, 1.165) is 5.56 Å². The lowest BCUT2D eigenvalue weighted by Gasteiger charge is -2.39. The summed E-state index contributed by atoms with van der Waals surface area (Å²) in [4.78, 5) is 2.85. The van der Waals surface area contributed by atoms with Crippen molar-refractivity contribution < 1.29 is 14.2 Å². The first-order chi connectivity index (χ1) is 9.38. The number of nitrogens with zero attached hydrogens (tertiary/aromatic N) is 3. The lowest BCUT2D eigenvalue weighted by Crippen LogP contribution is -2.48. The average Bonchev–Trinajstić information content (AvgIpc) is 2.48. The average molecular weight is 259 g/mol. The highest BCUT2D eigenvalue weighted by Crippen LogP contribution is 2.32. The summed E-state index contributed by atoms with van der Waals surface area (Å²) in [5.41, 5.74) is 9.53. The molecular weight excluding hydrogens is 246 g/mol. The van der Waals surface area contributed by atoms with E-state index in [1.807, 2.05) is 30.3 Å². The number of azide groups is 1. The maximum Gasteiger partial charge on any atom is 0.184 e. The van der Waals surface area contributed by atoms with Crippen LogP contribution < -0.4 is 0 Å². The Balaban J connectivity index is 1.80. The third kappa shape index (κ3) is 2.42. The number of hydrogen-bond acceptors (Lipinski definition) is 4. The Morgan fingerprint density at radius 1 is 1.26 bits per heavy atom. The van der Waals surface area contributed by atoms with E-state index in [4.69, 9.17) is 19.7 Å². The van der Waals surface area contributed by atoms with Crippen molar-refractivity contribution in [1.82, 2.24) is 0 Å². The molecule has 2 aliphatic rings. The Kier molecular flexibility index (Phi) is 3.37. The zero-order chi connectivity index (χ0) is 13.1. The molecule has 6 heteroatoms. The SMILES string of the molecule is [N-]=[N+]=N[C@@H]1C=CO[C@@H]2CO[C@@H](c3ccccc3)O[C@@H]12. The van der Waals surface area contributed by atoms with Gasteiger partial charge in [0.2, 0.25) is 0 Å². The number of rotatable bonds is 2. The molecule has 2 aliphatic heterocycles. The van der Waals surface area contributed by atoms with Crippen LogP contribution in [0.3, 0.4) is 0 Å². The highest BCUT2D eigenvalue weighted by molar-refractivity contribution is 5.17. The molecule has 1 fully saturated rings. The van der Waals surface area contributed by atoms with Crippen LogP contribution in [-0.2, 0) is 14.2 Å². The molecule has 4 atom stereocenters. The number of hydrogen-bond donors (Lipinski definition) is 0. The van der Waals surface area contributed by atoms with Crippen LogP contribution in [0.4, 0.5) is 0 Å². The molecule has 0 unspecified atom stereocenters. The van der Waals surface area contributed by atoms with E-state index in [1.165, 1.54) is 6.26 Å². The van der Waals surface area contributed by atoms with Crippen LogP contribution in [0, 0.1) is 0 Å². The first kappa shape index (κ1) is 12.0. The smallest absolute Gasteiger partial charge is 0.184 e. The summed E-state index contributed by atoms with van der Waals surface area (Å²) in [6, 6.07) is 9.30. The summed E-state index contributed by atoms with van der Waals surface area (Å²) in [7, 11) is 0. The first-order valence-corrected chi connectivity index (χ1v) is 6.07. The summed E-state index contributed by atoms with van der Waals surface area (Å²) < 4.78 is 17.0. The predicted octanol–water partition coefficient (Wildman–Crippen LogP) is 2.69. The Morgan fingerprint density at radius 2 is 2.11 bits per heavy atom. The molecule has 19 heavy (non-hydrogen) atoms. The van der Waals surface area contributed by atoms with E-state index in [0.29, 0.717) is 6.61 Å². The van der Waals surface area contributed by atoms with Crippen LogP contribution >= 0.6 is 0 Å². The van der Waals surface area contributed by atoms with Gasteiger partial charge in [-0.2, -0.15) is 0 Å². The van der Waals surface area contributed by atoms with Crippen LogP contribution in [-0.4, -0.2) is 24.9 Å². The van der Waals surface area contributed by atoms with Crippen molar-refractivity contribution in [3.8, 4) is 0 Å². The van der Waals surface area contributed by atoms with Gasteiger partial charge in [0.15, 0.2) is 6.29 Å². The zero-order valence-electron chi connectivity index (χ0n) is 10.1. The number of ether oxygens (including phenoxy) is 3. The van der Waals surface area contributed by atoms with Gasteiger partial charge in [-0.25, -0.2) is 0 Å². The Bertz CT molecular complexity index is 513. The molecule has 0 N–H and O–H groups in total. The number of fused-ring (bicyclic) bond motifs is 1. The minimum Gasteiger partial charge on any atom is -0.493 e. The molecule has 1 saturated heterocycles. The van der Waals surface area contributed by atoms with Gasteiger partial charge in [0, 0.05) is 10.5 Å². The fourth-order valence-electron chi connectivity index (χ4n) is 2.25. The van der Waals surface area contributed by atoms with Crippen LogP contribution in [0.5, 0.6) is 0 Å². The second kappa shape index (κ2) is 5.32. The Hall–Kier alpha value is -2.01. The number of benzene rings is 1. The van der Waals surface area contributed by atoms with Crippen LogP contribution in [0.25, 0.3) is 10.4 Å². The monoisotopic (exact) mass is 259 g/mol. The van der Waals surface area contributed by atoms with Gasteiger partial charge in [-0.3, -0.25) is 0 Å². The molecule has 0 saturated carbocycles. The minimum atomic E-state index is -0.450. The fourth-order valence-corrected chi connectivity index (χ4v) is 2.25. The summed E-state index contributed by atoms with van der Waals surface area (Å²) >= 11 is 0. The topological polar surface area (TPSA) is 76.5 Å². The van der Waals surface area contributed by atoms with E-state index < -0.39 is 6.29 Å². The lowest BCUT2D eigenvalue weighted by molar-refractivity contribution is -0.262. The molecule has 0 aromatic heterocycles. The summed E-state index contributed by atoms with van der Waals surface area (Å²) in [6.45, 7) is 0.409. The van der Waals surface area contributed by atoms with Crippen LogP contribution in [0.1, 0.15) is 11.9 Å². The predicted molar refractivity (Wildman–Crippen MR) is 67.0 cm³/mol. The van der Waals surface area contributed by atoms with Gasteiger partial charge in [-0.1, -0.05) is 35.4 Å². The van der Waals surface area contributed by atoms with Crippen molar-refractivity contribution in [3.05, 3.63) is 58.7 Å². The standard InChI is InChI=1S/C13H13N3O3/c14-16-15-10-6-7-17-11-8-18-13(19-12(10)11)9-4-2-1-3-5-9/h1-7,10-13H,8H2/t10-,11-,12+,13-/m1/s1. The maximum absolute atomic E-state index is 8.59. The van der Waals surface area contributed by atoms with Crippen molar-refractivity contribution in [3.63, 3.8) is 0 Å². The van der Waals surface area contributed by atoms with Gasteiger partial charge < -0.3 is 14.2 Å². The molecule has 98 valence electrons. The third-order valence-electron chi connectivity index (χ3n) is 3.18. The van der Waals surface area contributed by atoms with E-state index in [-0.39, 0.29) is 18.2 Å². The first-order valence-electron chi connectivity index (χ1n) is 6.07. The molecule has 0 amide bonds. The van der Waals surface area contributed by atoms with Gasteiger partial charge in [0.1, 0.15) is 12.2 Å². The molecule has 1 aromatic carbocycles. The highest BCUT2D eigenvalue weighted by atomic mass is 16.7. The molecule has 0 spiro atoms. The van der Waals surface area contributed by atoms with Crippen molar-refractivity contribution in [1.29, 1.82) is 0 Å². The Morgan fingerprint density at radius 3 is 2.89 bits per heavy atom. The molecule has 6 nitrogen and oxygen atoms in total. The van der Waals surface area contributed by atoms with Crippen molar-refractivity contribution in [2.45, 2.75) is 24.5 Å². The van der Waals surface area contributed by atoms with Gasteiger partial charge >= 0.3 is 0 Å². The second-order valence-electron chi connectivity index (χ2n) is 4.38.